The summed E-state index contributed by atoms with van der Waals surface area (Å²) in [6.07, 6.45) is 1.82. The minimum Gasteiger partial charge on any atom is -0.376 e. The number of nitrogens with one attached hydrogen (secondary N) is 1. The summed E-state index contributed by atoms with van der Waals surface area (Å²) in [6.45, 7) is 4.42. The largest absolute Gasteiger partial charge is 0.376 e. The fourth-order valence-corrected chi connectivity index (χ4v) is 2.45. The van der Waals surface area contributed by atoms with Crippen LogP contribution in [0.3, 0.4) is 0 Å². The van der Waals surface area contributed by atoms with Gasteiger partial charge >= 0.3 is 17.8 Å². The van der Waals surface area contributed by atoms with Gasteiger partial charge in [0.05, 0.1) is 6.10 Å². The van der Waals surface area contributed by atoms with E-state index in [1.165, 1.54) is 0 Å². The first-order chi connectivity index (χ1) is 10.4. The summed E-state index contributed by atoms with van der Waals surface area (Å²) in [4.78, 5) is 49.1. The zero-order valence-corrected chi connectivity index (χ0v) is 12.8. The first kappa shape index (κ1) is 16.4. The van der Waals surface area contributed by atoms with Gasteiger partial charge in [-0.2, -0.15) is 0 Å². The van der Waals surface area contributed by atoms with Crippen molar-refractivity contribution in [2.24, 2.45) is 5.92 Å². The van der Waals surface area contributed by atoms with Gasteiger partial charge in [-0.25, -0.2) is 9.69 Å². The molecular formula is C14H21N3O5. The summed E-state index contributed by atoms with van der Waals surface area (Å²) < 4.78 is 5.37. The van der Waals surface area contributed by atoms with Crippen molar-refractivity contribution in [1.29, 1.82) is 0 Å². The third kappa shape index (κ3) is 3.62. The zero-order valence-electron chi connectivity index (χ0n) is 12.8. The number of carbonyl (C=O) groups excluding carboxylic acids is 4. The number of ether oxygens (including phenoxy) is 1. The van der Waals surface area contributed by atoms with E-state index in [0.29, 0.717) is 18.1 Å². The average Bonchev–Trinajstić information content (AvgIpc) is 3.04. The van der Waals surface area contributed by atoms with Crippen molar-refractivity contribution >= 4 is 23.8 Å². The predicted molar refractivity (Wildman–Crippen MR) is 75.6 cm³/mol. The number of amides is 5. The van der Waals surface area contributed by atoms with Crippen LogP contribution in [-0.4, -0.2) is 65.9 Å². The average molecular weight is 311 g/mol. The second kappa shape index (κ2) is 6.87. The second-order valence-electron chi connectivity index (χ2n) is 5.92. The molecule has 0 aromatic heterocycles. The fourth-order valence-electron chi connectivity index (χ4n) is 2.45. The van der Waals surface area contributed by atoms with E-state index in [1.54, 1.807) is 0 Å². The van der Waals surface area contributed by atoms with Gasteiger partial charge in [0.1, 0.15) is 6.54 Å². The van der Waals surface area contributed by atoms with Crippen LogP contribution in [0.4, 0.5) is 4.79 Å². The Morgan fingerprint density at radius 2 is 1.95 bits per heavy atom. The summed E-state index contributed by atoms with van der Waals surface area (Å²) in [5, 5.41) is 2.62. The van der Waals surface area contributed by atoms with Crippen molar-refractivity contribution in [2.75, 3.05) is 26.2 Å². The molecule has 0 aromatic rings. The smallest absolute Gasteiger partial charge is 0.334 e. The molecule has 2 saturated heterocycles. The van der Waals surface area contributed by atoms with Crippen molar-refractivity contribution in [2.45, 2.75) is 32.8 Å². The Morgan fingerprint density at radius 3 is 2.55 bits per heavy atom. The summed E-state index contributed by atoms with van der Waals surface area (Å²) in [5.41, 5.74) is 0. The molecule has 8 nitrogen and oxygen atoms in total. The first-order valence-electron chi connectivity index (χ1n) is 7.45. The Balaban J connectivity index is 1.88. The first-order valence-corrected chi connectivity index (χ1v) is 7.45. The molecule has 22 heavy (non-hydrogen) atoms. The van der Waals surface area contributed by atoms with Gasteiger partial charge in [0.2, 0.25) is 5.91 Å². The number of nitrogens with zero attached hydrogens (tertiary/aromatic N) is 2. The molecule has 0 aromatic carbocycles. The van der Waals surface area contributed by atoms with Crippen LogP contribution in [0.2, 0.25) is 0 Å². The highest BCUT2D eigenvalue weighted by Crippen LogP contribution is 2.14. The van der Waals surface area contributed by atoms with Gasteiger partial charge in [-0.05, 0) is 18.8 Å². The van der Waals surface area contributed by atoms with E-state index in [9.17, 15) is 19.2 Å². The monoisotopic (exact) mass is 311 g/mol. The Hall–Kier alpha value is -1.96. The van der Waals surface area contributed by atoms with Gasteiger partial charge in [-0.15, -0.1) is 0 Å². The fraction of sp³-hybridized carbons (Fsp3) is 0.714. The molecule has 2 heterocycles. The van der Waals surface area contributed by atoms with Crippen molar-refractivity contribution in [3.63, 3.8) is 0 Å². The van der Waals surface area contributed by atoms with Crippen molar-refractivity contribution < 1.29 is 23.9 Å². The standard InChI is InChI=1S/C14H21N3O5/c1-9(2)7-16-12(19)13(20)17(14(16)21)8-11(18)15-6-10-4-3-5-22-10/h9-10H,3-8H2,1-2H3,(H,15,18)/t10-/m0/s1. The quantitative estimate of drug-likeness (QED) is 0.538. The van der Waals surface area contributed by atoms with Crippen LogP contribution in [-0.2, 0) is 19.1 Å². The van der Waals surface area contributed by atoms with Crippen molar-refractivity contribution in [3.8, 4) is 0 Å². The summed E-state index contributed by atoms with van der Waals surface area (Å²) in [6, 6.07) is -0.726. The molecule has 2 fully saturated rings. The lowest BCUT2D eigenvalue weighted by atomic mass is 10.2. The molecule has 0 spiro atoms. The van der Waals surface area contributed by atoms with Gasteiger partial charge in [0, 0.05) is 19.7 Å². The van der Waals surface area contributed by atoms with Gasteiger partial charge in [0.15, 0.2) is 0 Å². The number of rotatable bonds is 6. The minimum absolute atomic E-state index is 0.0204. The highest BCUT2D eigenvalue weighted by Gasteiger charge is 2.45. The molecule has 2 aliphatic heterocycles. The summed E-state index contributed by atoms with van der Waals surface area (Å²) >= 11 is 0. The Bertz CT molecular complexity index is 485. The normalized spacial score (nSPS) is 22.1. The third-order valence-electron chi connectivity index (χ3n) is 3.54. The van der Waals surface area contributed by atoms with E-state index >= 15 is 0 Å². The zero-order chi connectivity index (χ0) is 16.3. The van der Waals surface area contributed by atoms with Crippen LogP contribution < -0.4 is 5.32 Å². The number of imide groups is 2. The van der Waals surface area contributed by atoms with E-state index in [4.69, 9.17) is 4.74 Å². The third-order valence-corrected chi connectivity index (χ3v) is 3.54. The molecule has 2 rings (SSSR count). The summed E-state index contributed by atoms with van der Waals surface area (Å²) in [5.74, 6) is -2.24. The Labute approximate surface area is 128 Å². The maximum atomic E-state index is 12.1. The number of carbonyl (C=O) groups is 4. The van der Waals surface area contributed by atoms with Crippen LogP contribution in [0.25, 0.3) is 0 Å². The van der Waals surface area contributed by atoms with Crippen LogP contribution in [0, 0.1) is 5.92 Å². The van der Waals surface area contributed by atoms with E-state index < -0.39 is 30.3 Å². The van der Waals surface area contributed by atoms with Gasteiger partial charge in [-0.1, -0.05) is 13.8 Å². The lowest BCUT2D eigenvalue weighted by molar-refractivity contribution is -0.144. The van der Waals surface area contributed by atoms with E-state index in [1.807, 2.05) is 13.8 Å². The number of urea groups is 1. The molecule has 0 radical (unpaired) electrons. The van der Waals surface area contributed by atoms with Crippen molar-refractivity contribution in [1.82, 2.24) is 15.1 Å². The maximum Gasteiger partial charge on any atom is 0.334 e. The van der Waals surface area contributed by atoms with Gasteiger partial charge in [-0.3, -0.25) is 19.3 Å². The lowest BCUT2D eigenvalue weighted by Crippen LogP contribution is -2.43. The van der Waals surface area contributed by atoms with Gasteiger partial charge < -0.3 is 10.1 Å². The Kier molecular flexibility index (Phi) is 5.12. The molecule has 8 heteroatoms. The maximum absolute atomic E-state index is 12.1. The van der Waals surface area contributed by atoms with E-state index in [2.05, 4.69) is 5.32 Å². The van der Waals surface area contributed by atoms with E-state index in [-0.39, 0.29) is 18.6 Å². The van der Waals surface area contributed by atoms with Gasteiger partial charge in [0.25, 0.3) is 0 Å². The summed E-state index contributed by atoms with van der Waals surface area (Å²) in [7, 11) is 0. The molecule has 1 atom stereocenters. The van der Waals surface area contributed by atoms with Crippen molar-refractivity contribution in [3.05, 3.63) is 0 Å². The lowest BCUT2D eigenvalue weighted by Gasteiger charge is -2.17. The molecular weight excluding hydrogens is 290 g/mol. The molecule has 0 bridgehead atoms. The molecule has 5 amide bonds. The Morgan fingerprint density at radius 1 is 1.27 bits per heavy atom. The predicted octanol–water partition coefficient (Wildman–Crippen LogP) is -0.272. The molecule has 0 saturated carbocycles. The van der Waals surface area contributed by atoms with E-state index in [0.717, 1.165) is 17.7 Å². The van der Waals surface area contributed by atoms with Crippen LogP contribution in [0.15, 0.2) is 0 Å². The molecule has 0 aliphatic carbocycles. The minimum atomic E-state index is -0.946. The molecule has 122 valence electrons. The highest BCUT2D eigenvalue weighted by atomic mass is 16.5. The van der Waals surface area contributed by atoms with Crippen LogP contribution >= 0.6 is 0 Å². The number of hydrogen-bond acceptors (Lipinski definition) is 5. The molecule has 2 aliphatic rings. The molecule has 0 unspecified atom stereocenters. The topological polar surface area (TPSA) is 96.0 Å². The number of hydrogen-bond donors (Lipinski definition) is 1. The highest BCUT2D eigenvalue weighted by molar-refractivity contribution is 6.45. The molecule has 1 N–H and O–H groups in total. The SMILES string of the molecule is CC(C)CN1C(=O)C(=O)N(CC(=O)NC[C@@H]2CCCO2)C1=O. The van der Waals surface area contributed by atoms with Crippen LogP contribution in [0.1, 0.15) is 26.7 Å². The van der Waals surface area contributed by atoms with Crippen LogP contribution in [0.5, 0.6) is 0 Å². The second-order valence-corrected chi connectivity index (χ2v) is 5.92.